The van der Waals surface area contributed by atoms with Crippen LogP contribution >= 0.6 is 0 Å². The zero-order valence-corrected chi connectivity index (χ0v) is 12.7. The summed E-state index contributed by atoms with van der Waals surface area (Å²) in [5, 5.41) is 0. The number of carbonyl (C=O) groups excluding carboxylic acids is 1. The first kappa shape index (κ1) is 17.9. The highest BCUT2D eigenvalue weighted by Crippen LogP contribution is 2.04. The molecule has 0 aliphatic rings. The van der Waals surface area contributed by atoms with E-state index in [1.165, 1.54) is 25.7 Å². The molecular weight excluding hydrogens is 236 g/mol. The van der Waals surface area contributed by atoms with Crippen LogP contribution in [0.4, 0.5) is 0 Å². The number of unbranched alkanes of at least 4 members (excludes halogenated alkanes) is 5. The molecule has 19 heavy (non-hydrogen) atoms. The van der Waals surface area contributed by atoms with Gasteiger partial charge in [-0.15, -0.1) is 0 Å². The van der Waals surface area contributed by atoms with Crippen molar-refractivity contribution in [3.05, 3.63) is 24.3 Å². The van der Waals surface area contributed by atoms with E-state index < -0.39 is 0 Å². The summed E-state index contributed by atoms with van der Waals surface area (Å²) in [5.41, 5.74) is 0. The molecular formula is C17H30O2. The molecule has 0 spiro atoms. The second-order valence-electron chi connectivity index (χ2n) is 4.80. The molecule has 0 bridgehead atoms. The predicted octanol–water partition coefficient (Wildman–Crippen LogP) is 5.19. The minimum atomic E-state index is -0.100. The summed E-state index contributed by atoms with van der Waals surface area (Å²) in [6, 6.07) is 0. The Labute approximate surface area is 118 Å². The van der Waals surface area contributed by atoms with Crippen molar-refractivity contribution in [2.75, 3.05) is 6.61 Å². The van der Waals surface area contributed by atoms with Crippen LogP contribution in [-0.4, -0.2) is 12.6 Å². The fourth-order valence-corrected chi connectivity index (χ4v) is 1.69. The zero-order chi connectivity index (χ0) is 14.2. The number of esters is 1. The summed E-state index contributed by atoms with van der Waals surface area (Å²) in [6.07, 6.45) is 18.1. The molecule has 110 valence electrons. The molecule has 0 saturated heterocycles. The van der Waals surface area contributed by atoms with E-state index in [1.807, 2.05) is 6.08 Å². The van der Waals surface area contributed by atoms with Crippen LogP contribution in [-0.2, 0) is 9.53 Å². The summed E-state index contributed by atoms with van der Waals surface area (Å²) in [7, 11) is 0. The van der Waals surface area contributed by atoms with Gasteiger partial charge in [-0.2, -0.15) is 0 Å². The summed E-state index contributed by atoms with van der Waals surface area (Å²) >= 11 is 0. The first-order chi connectivity index (χ1) is 9.31. The maximum absolute atomic E-state index is 11.4. The van der Waals surface area contributed by atoms with E-state index in [-0.39, 0.29) is 5.97 Å². The molecule has 0 N–H and O–H groups in total. The molecule has 0 atom stereocenters. The van der Waals surface area contributed by atoms with Crippen molar-refractivity contribution in [1.82, 2.24) is 0 Å². The maximum Gasteiger partial charge on any atom is 0.306 e. The van der Waals surface area contributed by atoms with Crippen LogP contribution in [0, 0.1) is 0 Å². The van der Waals surface area contributed by atoms with Crippen molar-refractivity contribution in [2.45, 2.75) is 71.6 Å². The third kappa shape index (κ3) is 14.9. The van der Waals surface area contributed by atoms with Crippen molar-refractivity contribution >= 4 is 5.97 Å². The number of ether oxygens (including phenoxy) is 1. The van der Waals surface area contributed by atoms with E-state index in [4.69, 9.17) is 4.74 Å². The second-order valence-corrected chi connectivity index (χ2v) is 4.80. The number of rotatable bonds is 12. The van der Waals surface area contributed by atoms with Crippen LogP contribution in [0.5, 0.6) is 0 Å². The molecule has 0 rings (SSSR count). The van der Waals surface area contributed by atoms with Gasteiger partial charge in [0, 0.05) is 6.42 Å². The van der Waals surface area contributed by atoms with Gasteiger partial charge in [0.1, 0.15) is 6.61 Å². The number of hydrogen-bond donors (Lipinski definition) is 0. The van der Waals surface area contributed by atoms with Crippen LogP contribution in [0.2, 0.25) is 0 Å². The Morgan fingerprint density at radius 3 is 2.32 bits per heavy atom. The third-order valence-electron chi connectivity index (χ3n) is 2.87. The Morgan fingerprint density at radius 1 is 0.842 bits per heavy atom. The standard InChI is InChI=1S/C17H30O2/c1-3-5-7-9-10-11-12-13-15-17(18)19-16-14-8-6-4-2/h8,11-12,14H,3-7,9-10,13,15-16H2,1-2H3/b12-11+,14-8+. The fraction of sp³-hybridized carbons (Fsp3) is 0.706. The van der Waals surface area contributed by atoms with Crippen molar-refractivity contribution < 1.29 is 9.53 Å². The van der Waals surface area contributed by atoms with Gasteiger partial charge in [0.15, 0.2) is 0 Å². The van der Waals surface area contributed by atoms with Gasteiger partial charge in [-0.1, -0.05) is 63.8 Å². The van der Waals surface area contributed by atoms with Crippen LogP contribution in [0.3, 0.4) is 0 Å². The molecule has 0 unspecified atom stereocenters. The van der Waals surface area contributed by atoms with Gasteiger partial charge in [-0.25, -0.2) is 0 Å². The highest BCUT2D eigenvalue weighted by molar-refractivity contribution is 5.69. The molecule has 0 aromatic heterocycles. The lowest BCUT2D eigenvalue weighted by Crippen LogP contribution is -2.03. The minimum Gasteiger partial charge on any atom is -0.461 e. The Bertz CT molecular complexity index is 254. The quantitative estimate of drug-likeness (QED) is 0.276. The van der Waals surface area contributed by atoms with Crippen LogP contribution < -0.4 is 0 Å². The van der Waals surface area contributed by atoms with Crippen molar-refractivity contribution in [1.29, 1.82) is 0 Å². The molecule has 2 nitrogen and oxygen atoms in total. The number of allylic oxidation sites excluding steroid dienone is 3. The summed E-state index contributed by atoms with van der Waals surface area (Å²) in [4.78, 5) is 11.4. The zero-order valence-electron chi connectivity index (χ0n) is 12.7. The van der Waals surface area contributed by atoms with Gasteiger partial charge in [-0.3, -0.25) is 4.79 Å². The molecule has 0 aliphatic carbocycles. The van der Waals surface area contributed by atoms with E-state index in [9.17, 15) is 4.79 Å². The third-order valence-corrected chi connectivity index (χ3v) is 2.87. The van der Waals surface area contributed by atoms with Gasteiger partial charge in [-0.05, 0) is 25.7 Å². The fourth-order valence-electron chi connectivity index (χ4n) is 1.69. The summed E-state index contributed by atoms with van der Waals surface area (Å²) < 4.78 is 5.09. The van der Waals surface area contributed by atoms with Gasteiger partial charge >= 0.3 is 5.97 Å². The molecule has 0 radical (unpaired) electrons. The van der Waals surface area contributed by atoms with Crippen LogP contribution in [0.25, 0.3) is 0 Å². The average Bonchev–Trinajstić information content (AvgIpc) is 2.41. The van der Waals surface area contributed by atoms with E-state index >= 15 is 0 Å². The smallest absolute Gasteiger partial charge is 0.306 e. The molecule has 0 aromatic carbocycles. The molecule has 0 amide bonds. The van der Waals surface area contributed by atoms with Gasteiger partial charge < -0.3 is 4.74 Å². The Balaban J connectivity index is 3.35. The lowest BCUT2D eigenvalue weighted by molar-refractivity contribution is -0.142. The van der Waals surface area contributed by atoms with Crippen LogP contribution in [0.1, 0.15) is 71.6 Å². The monoisotopic (exact) mass is 266 g/mol. The van der Waals surface area contributed by atoms with Gasteiger partial charge in [0.05, 0.1) is 0 Å². The topological polar surface area (TPSA) is 26.3 Å². The van der Waals surface area contributed by atoms with E-state index in [2.05, 4.69) is 32.1 Å². The molecule has 2 heteroatoms. The molecule has 0 aliphatic heterocycles. The molecule has 0 aromatic rings. The predicted molar refractivity (Wildman–Crippen MR) is 82.1 cm³/mol. The number of hydrogen-bond acceptors (Lipinski definition) is 2. The van der Waals surface area contributed by atoms with Crippen molar-refractivity contribution in [3.8, 4) is 0 Å². The highest BCUT2D eigenvalue weighted by atomic mass is 16.5. The van der Waals surface area contributed by atoms with Crippen molar-refractivity contribution in [2.24, 2.45) is 0 Å². The normalized spacial score (nSPS) is 11.5. The Kier molecular flexibility index (Phi) is 14.2. The lowest BCUT2D eigenvalue weighted by atomic mass is 10.1. The first-order valence-corrected chi connectivity index (χ1v) is 7.76. The SMILES string of the molecule is CCC/C=C/COC(=O)CC/C=C/CCCCCC. The summed E-state index contributed by atoms with van der Waals surface area (Å²) in [5.74, 6) is -0.100. The Hall–Kier alpha value is -1.05. The number of carbonyl (C=O) groups is 1. The second kappa shape index (κ2) is 15.0. The van der Waals surface area contributed by atoms with Crippen LogP contribution in [0.15, 0.2) is 24.3 Å². The average molecular weight is 266 g/mol. The molecule has 0 heterocycles. The van der Waals surface area contributed by atoms with E-state index in [1.54, 1.807) is 0 Å². The lowest BCUT2D eigenvalue weighted by Gasteiger charge is -1.99. The maximum atomic E-state index is 11.4. The minimum absolute atomic E-state index is 0.100. The highest BCUT2D eigenvalue weighted by Gasteiger charge is 1.98. The first-order valence-electron chi connectivity index (χ1n) is 7.76. The van der Waals surface area contributed by atoms with Gasteiger partial charge in [0.2, 0.25) is 0 Å². The van der Waals surface area contributed by atoms with E-state index in [0.29, 0.717) is 13.0 Å². The molecule has 0 fully saturated rings. The van der Waals surface area contributed by atoms with Gasteiger partial charge in [0.25, 0.3) is 0 Å². The van der Waals surface area contributed by atoms with E-state index in [0.717, 1.165) is 25.7 Å². The Morgan fingerprint density at radius 2 is 1.58 bits per heavy atom. The van der Waals surface area contributed by atoms with Crippen molar-refractivity contribution in [3.63, 3.8) is 0 Å². The summed E-state index contributed by atoms with van der Waals surface area (Å²) in [6.45, 7) is 4.77. The molecule has 0 saturated carbocycles. The largest absolute Gasteiger partial charge is 0.461 e.